The SMILES string of the molecule is C#CCNC1=C2C[C@@H](C)C[C@H](OC)[C@H](O)[C@@H](C)/C=C(\C)[C@H](OC(N)=O)[C@H](OC)/C=C\C=C(/C)C(=O)NC(=CC1=O)C2=O. The number of aliphatic hydroxyl groups is 1. The number of allylic oxidation sites excluding steroid dienone is 4. The van der Waals surface area contributed by atoms with E-state index >= 15 is 0 Å². The van der Waals surface area contributed by atoms with Crippen molar-refractivity contribution in [1.29, 1.82) is 0 Å². The number of ketones is 2. The zero-order valence-corrected chi connectivity index (χ0v) is 24.9. The second kappa shape index (κ2) is 15.9. The smallest absolute Gasteiger partial charge is 0.405 e. The molecule has 5 N–H and O–H groups in total. The van der Waals surface area contributed by atoms with Crippen molar-refractivity contribution in [3.05, 3.63) is 58.5 Å². The number of nitrogens with two attached hydrogens (primary N) is 1. The van der Waals surface area contributed by atoms with Crippen LogP contribution in [0, 0.1) is 24.2 Å². The number of nitrogens with one attached hydrogen (secondary N) is 2. The average Bonchev–Trinajstić information content (AvgIpc) is 2.94. The molecule has 0 aromatic heterocycles. The maximum Gasteiger partial charge on any atom is 0.405 e. The number of hydrogen-bond acceptors (Lipinski definition) is 9. The molecule has 0 radical (unpaired) electrons. The van der Waals surface area contributed by atoms with Gasteiger partial charge in [0, 0.05) is 37.4 Å². The minimum absolute atomic E-state index is 0.0293. The molecule has 0 saturated heterocycles. The first-order chi connectivity index (χ1) is 19.8. The zero-order chi connectivity index (χ0) is 31.6. The van der Waals surface area contributed by atoms with Gasteiger partial charge in [0.25, 0.3) is 5.91 Å². The lowest BCUT2D eigenvalue weighted by atomic mass is 9.85. The van der Waals surface area contributed by atoms with Crippen molar-refractivity contribution in [3.63, 3.8) is 0 Å². The van der Waals surface area contributed by atoms with Crippen molar-refractivity contribution in [2.24, 2.45) is 17.6 Å². The summed E-state index contributed by atoms with van der Waals surface area (Å²) in [4.78, 5) is 51.2. The lowest BCUT2D eigenvalue weighted by molar-refractivity contribution is -0.120. The van der Waals surface area contributed by atoms with Gasteiger partial charge in [-0.3, -0.25) is 14.4 Å². The number of terminal acetylenes is 1. The molecule has 2 aliphatic rings. The molecule has 0 aromatic rings. The van der Waals surface area contributed by atoms with Crippen LogP contribution >= 0.6 is 0 Å². The maximum atomic E-state index is 13.5. The Hall–Kier alpha value is -3.98. The van der Waals surface area contributed by atoms with Gasteiger partial charge in [-0.15, -0.1) is 6.42 Å². The molecule has 2 bridgehead atoms. The third-order valence-corrected chi connectivity index (χ3v) is 7.16. The van der Waals surface area contributed by atoms with E-state index in [1.54, 1.807) is 26.0 Å². The predicted octanol–water partition coefficient (Wildman–Crippen LogP) is 1.98. The van der Waals surface area contributed by atoms with Gasteiger partial charge in [-0.25, -0.2) is 4.79 Å². The summed E-state index contributed by atoms with van der Waals surface area (Å²) in [6.45, 7) is 6.95. The second-order valence-corrected chi connectivity index (χ2v) is 10.5. The highest BCUT2D eigenvalue weighted by atomic mass is 16.6. The highest BCUT2D eigenvalue weighted by Gasteiger charge is 2.33. The molecular formula is C31H41N3O8. The summed E-state index contributed by atoms with van der Waals surface area (Å²) in [7, 11) is 2.90. The van der Waals surface area contributed by atoms with Crippen molar-refractivity contribution in [1.82, 2.24) is 10.6 Å². The minimum atomic E-state index is -1.01. The number of Topliss-reactive ketones (excluding diaryl/α,β-unsaturated/α-hetero) is 1. The van der Waals surface area contributed by atoms with Crippen LogP contribution in [0.25, 0.3) is 0 Å². The summed E-state index contributed by atoms with van der Waals surface area (Å²) in [5.41, 5.74) is 6.25. The number of hydrogen-bond donors (Lipinski definition) is 4. The molecule has 0 fully saturated rings. The van der Waals surface area contributed by atoms with Crippen LogP contribution in [-0.2, 0) is 28.6 Å². The van der Waals surface area contributed by atoms with Crippen LogP contribution in [0.5, 0.6) is 0 Å². The predicted molar refractivity (Wildman–Crippen MR) is 156 cm³/mol. The van der Waals surface area contributed by atoms with Gasteiger partial charge < -0.3 is 35.7 Å². The molecule has 0 aromatic carbocycles. The van der Waals surface area contributed by atoms with E-state index < -0.39 is 53.9 Å². The Bertz CT molecular complexity index is 1250. The van der Waals surface area contributed by atoms with Gasteiger partial charge in [0.2, 0.25) is 11.6 Å². The fraction of sp³-hybridized carbons (Fsp3) is 0.484. The largest absolute Gasteiger partial charge is 0.439 e. The number of methoxy groups -OCH3 is 2. The van der Waals surface area contributed by atoms with Gasteiger partial charge in [-0.2, -0.15) is 0 Å². The Morgan fingerprint density at radius 3 is 2.50 bits per heavy atom. The summed E-state index contributed by atoms with van der Waals surface area (Å²) in [5.74, 6) is 0.118. The third-order valence-electron chi connectivity index (χ3n) is 7.16. The van der Waals surface area contributed by atoms with Crippen LogP contribution in [0.3, 0.4) is 0 Å². The van der Waals surface area contributed by atoms with E-state index in [-0.39, 0.29) is 41.4 Å². The minimum Gasteiger partial charge on any atom is -0.439 e. The lowest BCUT2D eigenvalue weighted by Crippen LogP contribution is -2.38. The first-order valence-electron chi connectivity index (χ1n) is 13.6. The molecule has 1 aliphatic carbocycles. The van der Waals surface area contributed by atoms with Crippen LogP contribution in [0.15, 0.2) is 58.5 Å². The highest BCUT2D eigenvalue weighted by Crippen LogP contribution is 2.28. The Morgan fingerprint density at radius 2 is 1.90 bits per heavy atom. The van der Waals surface area contributed by atoms with Crippen LogP contribution in [0.4, 0.5) is 4.79 Å². The fourth-order valence-corrected chi connectivity index (χ4v) is 4.92. The van der Waals surface area contributed by atoms with Gasteiger partial charge in [-0.05, 0) is 38.2 Å². The monoisotopic (exact) mass is 583 g/mol. The van der Waals surface area contributed by atoms with Gasteiger partial charge in [0.15, 0.2) is 6.10 Å². The number of aliphatic hydroxyl groups excluding tert-OH is 1. The molecule has 42 heavy (non-hydrogen) atoms. The van der Waals surface area contributed by atoms with E-state index in [0.717, 1.165) is 6.08 Å². The van der Waals surface area contributed by atoms with E-state index in [0.29, 0.717) is 12.0 Å². The molecule has 1 heterocycles. The van der Waals surface area contributed by atoms with Crippen molar-refractivity contribution < 1.29 is 38.5 Å². The number of carbonyl (C=O) groups is 4. The van der Waals surface area contributed by atoms with E-state index in [1.807, 2.05) is 6.92 Å². The van der Waals surface area contributed by atoms with Gasteiger partial charge in [-0.1, -0.05) is 44.1 Å². The molecule has 11 heteroatoms. The number of rotatable bonds is 5. The number of primary amides is 1. The molecule has 2 rings (SSSR count). The quantitative estimate of drug-likeness (QED) is 0.215. The Kier molecular flexibility index (Phi) is 12.9. The van der Waals surface area contributed by atoms with E-state index in [2.05, 4.69) is 16.6 Å². The lowest BCUT2D eigenvalue weighted by Gasteiger charge is -2.30. The Labute approximate surface area is 246 Å². The first-order valence-corrected chi connectivity index (χ1v) is 13.6. The van der Waals surface area contributed by atoms with Crippen LogP contribution in [0.1, 0.15) is 40.5 Å². The molecule has 0 unspecified atom stereocenters. The molecule has 1 aliphatic heterocycles. The molecule has 0 saturated carbocycles. The standard InChI is InChI=1S/C31H41N3O8/c1-8-12-33-26-21-13-17(2)14-25(41-7)27(36)19(4)15-20(5)29(42-31(32)39)24(40-6)11-9-10-18(3)30(38)34-22(28(21)37)16-23(26)35/h1,9-11,15-17,19,24-25,27,29,33,36H,12-14H2,2-7H3,(H2,32,39)(H,34,38)/b11-9-,18-10+,20-15+/t17-,19+,24-,25+,27-,29+/m1/s1. The molecule has 6 atom stereocenters. The fourth-order valence-electron chi connectivity index (χ4n) is 4.92. The maximum absolute atomic E-state index is 13.5. The van der Waals surface area contributed by atoms with Crippen LogP contribution < -0.4 is 16.4 Å². The Balaban J connectivity index is 2.62. The van der Waals surface area contributed by atoms with Gasteiger partial charge >= 0.3 is 6.09 Å². The number of amides is 2. The van der Waals surface area contributed by atoms with Gasteiger partial charge in [0.1, 0.15) is 6.10 Å². The van der Waals surface area contributed by atoms with Crippen LogP contribution in [-0.4, -0.2) is 73.9 Å². The Morgan fingerprint density at radius 1 is 1.21 bits per heavy atom. The van der Waals surface area contributed by atoms with Gasteiger partial charge in [0.05, 0.1) is 30.1 Å². The zero-order valence-electron chi connectivity index (χ0n) is 24.9. The molecule has 2 amide bonds. The molecular weight excluding hydrogens is 542 g/mol. The van der Waals surface area contributed by atoms with Crippen molar-refractivity contribution in [2.75, 3.05) is 20.8 Å². The summed E-state index contributed by atoms with van der Waals surface area (Å²) < 4.78 is 16.5. The molecule has 228 valence electrons. The van der Waals surface area contributed by atoms with Crippen LogP contribution in [0.2, 0.25) is 0 Å². The number of ether oxygens (including phenoxy) is 3. The summed E-state index contributed by atoms with van der Waals surface area (Å²) in [6.07, 6.45) is 8.96. The third kappa shape index (κ3) is 9.01. The van der Waals surface area contributed by atoms with E-state index in [1.165, 1.54) is 33.3 Å². The number of fused-ring (bicyclic) bond motifs is 2. The molecule has 0 spiro atoms. The van der Waals surface area contributed by atoms with E-state index in [4.69, 9.17) is 26.4 Å². The second-order valence-electron chi connectivity index (χ2n) is 10.5. The van der Waals surface area contributed by atoms with Crippen molar-refractivity contribution in [3.8, 4) is 12.3 Å². The number of carbonyl (C=O) groups excluding carboxylic acids is 4. The first kappa shape index (κ1) is 34.2. The normalized spacial score (nSPS) is 31.5. The summed E-state index contributed by atoms with van der Waals surface area (Å²) in [6, 6.07) is 0. The summed E-state index contributed by atoms with van der Waals surface area (Å²) >= 11 is 0. The summed E-state index contributed by atoms with van der Waals surface area (Å²) in [5, 5.41) is 16.6. The molecule has 11 nitrogen and oxygen atoms in total. The highest BCUT2D eigenvalue weighted by molar-refractivity contribution is 6.23. The van der Waals surface area contributed by atoms with Crippen molar-refractivity contribution >= 4 is 23.6 Å². The average molecular weight is 584 g/mol. The van der Waals surface area contributed by atoms with E-state index in [9.17, 15) is 24.3 Å². The topological polar surface area (TPSA) is 166 Å². The van der Waals surface area contributed by atoms with Crippen molar-refractivity contribution in [2.45, 2.75) is 65.0 Å².